The minimum absolute atomic E-state index is 0.378. The summed E-state index contributed by atoms with van der Waals surface area (Å²) in [6.45, 7) is 4.82. The summed E-state index contributed by atoms with van der Waals surface area (Å²) in [5, 5.41) is 8.28. The lowest BCUT2D eigenvalue weighted by Gasteiger charge is -2.30. The molecule has 2 aromatic rings. The van der Waals surface area contributed by atoms with Crippen molar-refractivity contribution in [3.05, 3.63) is 29.2 Å². The quantitative estimate of drug-likeness (QED) is 0.861. The molecule has 0 spiro atoms. The van der Waals surface area contributed by atoms with Gasteiger partial charge >= 0.3 is 0 Å². The number of piperidine rings is 1. The van der Waals surface area contributed by atoms with Crippen LogP contribution >= 0.6 is 0 Å². The van der Waals surface area contributed by atoms with E-state index < -0.39 is 0 Å². The van der Waals surface area contributed by atoms with Crippen LogP contribution in [0.15, 0.2) is 15.1 Å². The smallest absolute Gasteiger partial charge is 0.229 e. The molecule has 0 bridgehead atoms. The highest BCUT2D eigenvalue weighted by Crippen LogP contribution is 2.39. The molecule has 6 heteroatoms. The van der Waals surface area contributed by atoms with Gasteiger partial charge in [0.05, 0.1) is 5.69 Å². The van der Waals surface area contributed by atoms with Crippen LogP contribution in [0, 0.1) is 6.92 Å². The van der Waals surface area contributed by atoms with Crippen LogP contribution in [-0.2, 0) is 6.54 Å². The van der Waals surface area contributed by atoms with Crippen molar-refractivity contribution in [1.29, 1.82) is 0 Å². The average molecular weight is 288 g/mol. The van der Waals surface area contributed by atoms with E-state index in [4.69, 9.17) is 9.05 Å². The average Bonchev–Trinajstić information content (AvgIpc) is 3.07. The van der Waals surface area contributed by atoms with Gasteiger partial charge in [0.25, 0.3) is 0 Å². The van der Waals surface area contributed by atoms with E-state index in [-0.39, 0.29) is 0 Å². The second-order valence-electron chi connectivity index (χ2n) is 6.27. The van der Waals surface area contributed by atoms with Crippen LogP contribution in [0.2, 0.25) is 0 Å². The Morgan fingerprint density at radius 3 is 2.86 bits per heavy atom. The predicted octanol–water partition coefficient (Wildman–Crippen LogP) is 2.62. The molecular formula is C15H20N4O2. The molecule has 6 nitrogen and oxygen atoms in total. The maximum Gasteiger partial charge on any atom is 0.229 e. The molecule has 0 aromatic carbocycles. The summed E-state index contributed by atoms with van der Waals surface area (Å²) in [6.07, 6.45) is 4.70. The molecule has 21 heavy (non-hydrogen) atoms. The van der Waals surface area contributed by atoms with E-state index in [1.54, 1.807) is 0 Å². The highest BCUT2D eigenvalue weighted by molar-refractivity contribution is 5.07. The summed E-state index contributed by atoms with van der Waals surface area (Å²) < 4.78 is 10.5. The number of aromatic nitrogens is 3. The van der Waals surface area contributed by atoms with Crippen molar-refractivity contribution in [1.82, 2.24) is 20.2 Å². The van der Waals surface area contributed by atoms with Crippen molar-refractivity contribution in [3.63, 3.8) is 0 Å². The van der Waals surface area contributed by atoms with Crippen LogP contribution in [0.3, 0.4) is 0 Å². The first-order valence-electron chi connectivity index (χ1n) is 7.76. The molecule has 4 rings (SSSR count). The fourth-order valence-corrected chi connectivity index (χ4v) is 3.04. The lowest BCUT2D eigenvalue weighted by molar-refractivity contribution is 0.190. The van der Waals surface area contributed by atoms with Gasteiger partial charge in [-0.05, 0) is 39.2 Å². The van der Waals surface area contributed by atoms with Crippen LogP contribution in [0.4, 0.5) is 0 Å². The van der Waals surface area contributed by atoms with Crippen molar-refractivity contribution in [3.8, 4) is 0 Å². The predicted molar refractivity (Wildman–Crippen MR) is 74.8 cm³/mol. The van der Waals surface area contributed by atoms with Crippen LogP contribution in [-0.4, -0.2) is 33.3 Å². The summed E-state index contributed by atoms with van der Waals surface area (Å²) in [5.41, 5.74) is 1.000. The van der Waals surface area contributed by atoms with Crippen molar-refractivity contribution in [2.45, 2.75) is 51.0 Å². The van der Waals surface area contributed by atoms with Crippen LogP contribution in [0.1, 0.15) is 60.7 Å². The van der Waals surface area contributed by atoms with Gasteiger partial charge in [-0.3, -0.25) is 4.90 Å². The van der Waals surface area contributed by atoms with E-state index in [1.165, 1.54) is 12.8 Å². The highest BCUT2D eigenvalue weighted by Gasteiger charge is 2.32. The maximum absolute atomic E-state index is 5.39. The third-order valence-electron chi connectivity index (χ3n) is 4.32. The molecule has 0 unspecified atom stereocenters. The second-order valence-corrected chi connectivity index (χ2v) is 6.27. The molecule has 1 saturated carbocycles. The van der Waals surface area contributed by atoms with E-state index in [0.717, 1.165) is 55.6 Å². The van der Waals surface area contributed by atoms with Gasteiger partial charge in [0, 0.05) is 31.0 Å². The minimum atomic E-state index is 0.378. The van der Waals surface area contributed by atoms with Gasteiger partial charge in [-0.25, -0.2) is 0 Å². The van der Waals surface area contributed by atoms with Crippen molar-refractivity contribution < 1.29 is 9.05 Å². The standard InChI is InChI=1S/C15H20N4O2/c1-10-7-13(17-20-10)9-19-6-2-3-12(8-19)14-16-15(21-18-14)11-4-5-11/h7,11-12H,2-6,8-9H2,1H3/t12-/m1/s1. The normalized spacial score (nSPS) is 23.6. The molecule has 1 aliphatic carbocycles. The van der Waals surface area contributed by atoms with Crippen LogP contribution in [0.5, 0.6) is 0 Å². The van der Waals surface area contributed by atoms with Gasteiger partial charge in [0.15, 0.2) is 5.82 Å². The summed E-state index contributed by atoms with van der Waals surface area (Å²) in [6, 6.07) is 2.00. The van der Waals surface area contributed by atoms with Gasteiger partial charge in [-0.15, -0.1) is 0 Å². The topological polar surface area (TPSA) is 68.2 Å². The summed E-state index contributed by atoms with van der Waals surface area (Å²) in [7, 11) is 0. The SMILES string of the molecule is Cc1cc(CN2CCC[C@@H](c3noc(C4CC4)n3)C2)no1. The molecule has 1 atom stereocenters. The van der Waals surface area contributed by atoms with Crippen molar-refractivity contribution in [2.24, 2.45) is 0 Å². The highest BCUT2D eigenvalue weighted by atomic mass is 16.5. The van der Waals surface area contributed by atoms with Gasteiger partial charge < -0.3 is 9.05 Å². The van der Waals surface area contributed by atoms with E-state index in [0.29, 0.717) is 11.8 Å². The Bertz CT molecular complexity index is 617. The molecule has 2 fully saturated rings. The first-order valence-corrected chi connectivity index (χ1v) is 7.76. The number of hydrogen-bond acceptors (Lipinski definition) is 6. The Morgan fingerprint density at radius 1 is 1.19 bits per heavy atom. The summed E-state index contributed by atoms with van der Waals surface area (Å²) in [4.78, 5) is 7.00. The fraction of sp³-hybridized carbons (Fsp3) is 0.667. The zero-order valence-corrected chi connectivity index (χ0v) is 12.3. The van der Waals surface area contributed by atoms with Crippen molar-refractivity contribution >= 4 is 0 Å². The van der Waals surface area contributed by atoms with E-state index in [2.05, 4.69) is 20.2 Å². The van der Waals surface area contributed by atoms with Gasteiger partial charge in [-0.1, -0.05) is 10.3 Å². The van der Waals surface area contributed by atoms with Gasteiger partial charge in [0.2, 0.25) is 5.89 Å². The number of likely N-dealkylation sites (tertiary alicyclic amines) is 1. The Morgan fingerprint density at radius 2 is 2.10 bits per heavy atom. The second kappa shape index (κ2) is 5.26. The fourth-order valence-electron chi connectivity index (χ4n) is 3.04. The number of aryl methyl sites for hydroxylation is 1. The number of rotatable bonds is 4. The van der Waals surface area contributed by atoms with Crippen LogP contribution < -0.4 is 0 Å². The summed E-state index contributed by atoms with van der Waals surface area (Å²) in [5.74, 6) is 3.50. The maximum atomic E-state index is 5.39. The Kier molecular flexibility index (Phi) is 3.25. The zero-order chi connectivity index (χ0) is 14.2. The van der Waals surface area contributed by atoms with Crippen LogP contribution in [0.25, 0.3) is 0 Å². The molecule has 2 aromatic heterocycles. The number of nitrogens with zero attached hydrogens (tertiary/aromatic N) is 4. The molecule has 3 heterocycles. The molecule has 2 aliphatic rings. The monoisotopic (exact) mass is 288 g/mol. The van der Waals surface area contributed by atoms with Crippen molar-refractivity contribution in [2.75, 3.05) is 13.1 Å². The van der Waals surface area contributed by atoms with E-state index in [9.17, 15) is 0 Å². The first kappa shape index (κ1) is 13.0. The Labute approximate surface area is 123 Å². The molecule has 1 saturated heterocycles. The lowest BCUT2D eigenvalue weighted by atomic mass is 9.97. The molecular weight excluding hydrogens is 268 g/mol. The third kappa shape index (κ3) is 2.85. The Balaban J connectivity index is 1.41. The zero-order valence-electron chi connectivity index (χ0n) is 12.3. The lowest BCUT2D eigenvalue weighted by Crippen LogP contribution is -2.34. The largest absolute Gasteiger partial charge is 0.361 e. The molecule has 112 valence electrons. The third-order valence-corrected chi connectivity index (χ3v) is 4.32. The molecule has 0 N–H and O–H groups in total. The molecule has 0 amide bonds. The molecule has 0 radical (unpaired) electrons. The van der Waals surface area contributed by atoms with Gasteiger partial charge in [-0.2, -0.15) is 4.98 Å². The van der Waals surface area contributed by atoms with E-state index >= 15 is 0 Å². The minimum Gasteiger partial charge on any atom is -0.361 e. The number of hydrogen-bond donors (Lipinski definition) is 0. The first-order chi connectivity index (χ1) is 10.3. The molecule has 1 aliphatic heterocycles. The van der Waals surface area contributed by atoms with E-state index in [1.807, 2.05) is 13.0 Å². The van der Waals surface area contributed by atoms with Gasteiger partial charge in [0.1, 0.15) is 5.76 Å². The summed E-state index contributed by atoms with van der Waals surface area (Å²) >= 11 is 0. The Hall–Kier alpha value is -1.69.